The summed E-state index contributed by atoms with van der Waals surface area (Å²) in [4.78, 5) is 50.0. The number of aliphatic hydroxyl groups is 3. The van der Waals surface area contributed by atoms with E-state index in [1.54, 1.807) is 0 Å². The Morgan fingerprint density at radius 2 is 0.920 bits per heavy atom. The Bertz CT molecular complexity index is 457. The number of carboxylic acid groups (broad SMARTS) is 5. The van der Waals surface area contributed by atoms with Crippen molar-refractivity contribution in [2.24, 2.45) is 0 Å². The molecule has 0 radical (unpaired) electrons. The zero-order valence-electron chi connectivity index (χ0n) is 12.6. The van der Waals surface area contributed by atoms with Crippen LogP contribution in [0, 0.1) is 0 Å². The van der Waals surface area contributed by atoms with Crippen molar-refractivity contribution >= 4 is 29.8 Å². The maximum absolute atomic E-state index is 10.3. The van der Waals surface area contributed by atoms with Crippen molar-refractivity contribution < 1.29 is 104 Å². The van der Waals surface area contributed by atoms with E-state index < -0.39 is 60.5 Å². The molecular weight excluding hydrogens is 459 g/mol. The van der Waals surface area contributed by atoms with Crippen LogP contribution in [0.25, 0.3) is 0 Å². The van der Waals surface area contributed by atoms with Gasteiger partial charge in [0.1, 0.15) is 0 Å². The number of aliphatic carboxylic acids is 5. The number of hydrogen-bond donors (Lipinski definition) is 8. The van der Waals surface area contributed by atoms with Crippen LogP contribution in [0.3, 0.4) is 0 Å². The molecule has 0 aromatic heterocycles. The Morgan fingerprint density at radius 1 is 0.680 bits per heavy atom. The molecule has 0 rings (SSSR count). The molecular formula is C10H14O13Zn2. The number of aliphatic hydroxyl groups excluding tert-OH is 2. The Hall–Kier alpha value is -1.52. The maximum Gasteiger partial charge on any atom is 0.336 e. The molecule has 0 aliphatic heterocycles. The molecule has 136 valence electrons. The second kappa shape index (κ2) is 13.7. The maximum atomic E-state index is 10.3. The van der Waals surface area contributed by atoms with Gasteiger partial charge in [0.15, 0.2) is 17.8 Å². The van der Waals surface area contributed by atoms with E-state index in [4.69, 9.17) is 40.9 Å². The number of rotatable bonds is 8. The summed E-state index contributed by atoms with van der Waals surface area (Å²) >= 11 is 0. The molecule has 2 atom stereocenters. The van der Waals surface area contributed by atoms with Crippen molar-refractivity contribution in [2.75, 3.05) is 0 Å². The third-order valence-electron chi connectivity index (χ3n) is 2.09. The average molecular weight is 473 g/mol. The summed E-state index contributed by atoms with van der Waals surface area (Å²) in [6.07, 6.45) is -6.82. The molecule has 0 fully saturated rings. The second-order valence-corrected chi connectivity index (χ2v) is 4.04. The fourth-order valence-electron chi connectivity index (χ4n) is 0.984. The first-order valence-corrected chi connectivity index (χ1v) is 5.45. The van der Waals surface area contributed by atoms with Gasteiger partial charge >= 0.3 is 29.8 Å². The molecule has 0 aromatic rings. The predicted molar refractivity (Wildman–Crippen MR) is 64.4 cm³/mol. The molecule has 2 unspecified atom stereocenters. The second-order valence-electron chi connectivity index (χ2n) is 4.04. The van der Waals surface area contributed by atoms with Gasteiger partial charge in [-0.05, 0) is 0 Å². The van der Waals surface area contributed by atoms with Crippen LogP contribution in [0.15, 0.2) is 0 Å². The molecule has 0 bridgehead atoms. The Balaban J connectivity index is -0.000000168. The first kappa shape index (κ1) is 31.3. The zero-order valence-corrected chi connectivity index (χ0v) is 18.5. The van der Waals surface area contributed by atoms with Gasteiger partial charge in [-0.2, -0.15) is 0 Å². The minimum atomic E-state index is -2.74. The fraction of sp³-hybridized carbons (Fsp3) is 0.500. The van der Waals surface area contributed by atoms with Crippen LogP contribution in [-0.2, 0) is 62.9 Å². The summed E-state index contributed by atoms with van der Waals surface area (Å²) in [7, 11) is 0. The summed E-state index contributed by atoms with van der Waals surface area (Å²) in [5.74, 6) is -8.56. The van der Waals surface area contributed by atoms with Gasteiger partial charge in [0.2, 0.25) is 0 Å². The standard InChI is InChI=1S/C6H8O7.C4H6O6.2Zn/c7-3(8)1-6(13,5(11)12)2-4(9)10;5-1(3(7)8)2(6)4(9)10;;/h13H,1-2H2,(H,7,8)(H,9,10)(H,11,12);1-2,5-6H,(H,7,8)(H,9,10);;. The van der Waals surface area contributed by atoms with Crippen LogP contribution in [-0.4, -0.2) is 88.5 Å². The minimum absolute atomic E-state index is 0. The van der Waals surface area contributed by atoms with Crippen LogP contribution < -0.4 is 0 Å². The van der Waals surface area contributed by atoms with Gasteiger partial charge in [0.05, 0.1) is 12.8 Å². The van der Waals surface area contributed by atoms with Crippen molar-refractivity contribution in [1.82, 2.24) is 0 Å². The van der Waals surface area contributed by atoms with E-state index in [1.165, 1.54) is 0 Å². The Kier molecular flexibility index (Phi) is 17.2. The molecule has 0 saturated heterocycles. The van der Waals surface area contributed by atoms with Crippen LogP contribution in [0.2, 0.25) is 0 Å². The smallest absolute Gasteiger partial charge is 0.336 e. The third-order valence-corrected chi connectivity index (χ3v) is 2.09. The number of carbonyl (C=O) groups is 5. The van der Waals surface area contributed by atoms with Gasteiger partial charge in [-0.3, -0.25) is 9.59 Å². The Morgan fingerprint density at radius 3 is 1.04 bits per heavy atom. The molecule has 0 aliphatic rings. The molecule has 0 aromatic carbocycles. The van der Waals surface area contributed by atoms with E-state index in [2.05, 4.69) is 0 Å². The van der Waals surface area contributed by atoms with Crippen molar-refractivity contribution in [2.45, 2.75) is 30.7 Å². The van der Waals surface area contributed by atoms with Gasteiger partial charge in [-0.25, -0.2) is 14.4 Å². The van der Waals surface area contributed by atoms with Gasteiger partial charge in [-0.1, -0.05) is 0 Å². The number of hydrogen-bond acceptors (Lipinski definition) is 8. The molecule has 13 nitrogen and oxygen atoms in total. The molecule has 0 heterocycles. The van der Waals surface area contributed by atoms with Crippen molar-refractivity contribution in [1.29, 1.82) is 0 Å². The molecule has 0 saturated carbocycles. The molecule has 0 amide bonds. The van der Waals surface area contributed by atoms with Crippen molar-refractivity contribution in [3.63, 3.8) is 0 Å². The van der Waals surface area contributed by atoms with E-state index in [0.717, 1.165) is 0 Å². The molecule has 25 heavy (non-hydrogen) atoms. The predicted octanol–water partition coefficient (Wildman–Crippen LogP) is -3.38. The molecule has 8 N–H and O–H groups in total. The average Bonchev–Trinajstić information content (AvgIpc) is 2.35. The summed E-state index contributed by atoms with van der Waals surface area (Å²) in [5.41, 5.74) is -2.74. The Labute approximate surface area is 164 Å². The van der Waals surface area contributed by atoms with E-state index in [0.29, 0.717) is 0 Å². The zero-order chi connectivity index (χ0) is 19.0. The third kappa shape index (κ3) is 13.4. The SMILES string of the molecule is O=C(O)C(O)C(O)C(=O)O.O=C(O)CC(O)(CC(=O)O)C(=O)O.[Zn].[Zn]. The summed E-state index contributed by atoms with van der Waals surface area (Å²) in [6.45, 7) is 0. The van der Waals surface area contributed by atoms with E-state index >= 15 is 0 Å². The van der Waals surface area contributed by atoms with Gasteiger partial charge in [-0.15, -0.1) is 0 Å². The van der Waals surface area contributed by atoms with Gasteiger partial charge in [0.25, 0.3) is 0 Å². The fourth-order valence-corrected chi connectivity index (χ4v) is 0.984. The van der Waals surface area contributed by atoms with Gasteiger partial charge in [0, 0.05) is 39.0 Å². The first-order chi connectivity index (χ1) is 10.2. The summed E-state index contributed by atoms with van der Waals surface area (Å²) in [6, 6.07) is 0. The normalized spacial score (nSPS) is 12.0. The monoisotopic (exact) mass is 470 g/mol. The van der Waals surface area contributed by atoms with Crippen LogP contribution >= 0.6 is 0 Å². The van der Waals surface area contributed by atoms with Crippen LogP contribution in [0.5, 0.6) is 0 Å². The van der Waals surface area contributed by atoms with Crippen molar-refractivity contribution in [3.8, 4) is 0 Å². The van der Waals surface area contributed by atoms with Crippen LogP contribution in [0.1, 0.15) is 12.8 Å². The van der Waals surface area contributed by atoms with Gasteiger partial charge < -0.3 is 40.9 Å². The summed E-state index contributed by atoms with van der Waals surface area (Å²) in [5, 5.41) is 66.3. The van der Waals surface area contributed by atoms with Crippen LogP contribution in [0.4, 0.5) is 0 Å². The van der Waals surface area contributed by atoms with E-state index in [1.807, 2.05) is 0 Å². The van der Waals surface area contributed by atoms with Crippen molar-refractivity contribution in [3.05, 3.63) is 0 Å². The quantitative estimate of drug-likeness (QED) is 0.161. The topological polar surface area (TPSA) is 247 Å². The first-order valence-electron chi connectivity index (χ1n) is 5.45. The van der Waals surface area contributed by atoms with E-state index in [-0.39, 0.29) is 39.0 Å². The number of carboxylic acids is 5. The molecule has 0 spiro atoms. The summed E-state index contributed by atoms with van der Waals surface area (Å²) < 4.78 is 0. The largest absolute Gasteiger partial charge is 0.481 e. The van der Waals surface area contributed by atoms with E-state index in [9.17, 15) is 24.0 Å². The molecule has 15 heteroatoms. The molecule has 0 aliphatic carbocycles. The minimum Gasteiger partial charge on any atom is -0.481 e.